The van der Waals surface area contributed by atoms with Crippen LogP contribution in [0.1, 0.15) is 67.6 Å². The number of benzene rings is 1. The van der Waals surface area contributed by atoms with E-state index in [1.807, 2.05) is 38.1 Å². The average Bonchev–Trinajstić information content (AvgIpc) is 3.27. The molecule has 0 aliphatic heterocycles. The molecule has 4 N–H and O–H groups in total. The lowest BCUT2D eigenvalue weighted by Crippen LogP contribution is -2.32. The molecule has 10 nitrogen and oxygen atoms in total. The van der Waals surface area contributed by atoms with E-state index in [2.05, 4.69) is 34.8 Å². The number of ether oxygens (including phenoxy) is 1. The van der Waals surface area contributed by atoms with Crippen LogP contribution >= 0.6 is 11.3 Å². The number of carboxylic acid groups (broad SMARTS) is 1. The number of alkyl carbamates (subject to hydrolysis) is 1. The number of amides is 3. The van der Waals surface area contributed by atoms with Crippen molar-refractivity contribution in [3.63, 3.8) is 0 Å². The van der Waals surface area contributed by atoms with Crippen molar-refractivity contribution in [2.45, 2.75) is 67.0 Å². The molecule has 2 heterocycles. The SMILES string of the molecule is Cc1ccc(-c2c(CNC(=O)OC(C)(C)C)c(CC(C)C)nc(C)c2NC(=O)Nc2nc(C(=O)O)cs2)cc1. The lowest BCUT2D eigenvalue weighted by molar-refractivity contribution is 0.0522. The number of anilines is 2. The average molecular weight is 554 g/mol. The third kappa shape index (κ3) is 8.25. The van der Waals surface area contributed by atoms with E-state index in [1.54, 1.807) is 20.8 Å². The van der Waals surface area contributed by atoms with Gasteiger partial charge in [-0.25, -0.2) is 19.4 Å². The fourth-order valence-corrected chi connectivity index (χ4v) is 4.57. The summed E-state index contributed by atoms with van der Waals surface area (Å²) in [6.07, 6.45) is 0.105. The monoisotopic (exact) mass is 553 g/mol. The van der Waals surface area contributed by atoms with E-state index in [0.29, 0.717) is 23.7 Å². The molecule has 0 saturated carbocycles. The highest BCUT2D eigenvalue weighted by atomic mass is 32.1. The fourth-order valence-electron chi connectivity index (χ4n) is 3.89. The maximum absolute atomic E-state index is 13.0. The molecule has 208 valence electrons. The highest BCUT2D eigenvalue weighted by Gasteiger charge is 2.23. The largest absolute Gasteiger partial charge is 0.476 e. The molecule has 0 saturated heterocycles. The molecule has 0 aliphatic carbocycles. The Hall–Kier alpha value is -3.99. The van der Waals surface area contributed by atoms with E-state index in [1.165, 1.54) is 5.38 Å². The molecular formula is C28H35N5O5S. The number of aromatic nitrogens is 2. The van der Waals surface area contributed by atoms with Crippen molar-refractivity contribution < 1.29 is 24.2 Å². The van der Waals surface area contributed by atoms with Gasteiger partial charge in [-0.2, -0.15) is 0 Å². The van der Waals surface area contributed by atoms with Gasteiger partial charge >= 0.3 is 18.1 Å². The lowest BCUT2D eigenvalue weighted by atomic mass is 9.92. The highest BCUT2D eigenvalue weighted by Crippen LogP contribution is 2.36. The van der Waals surface area contributed by atoms with Crippen LogP contribution in [0.25, 0.3) is 11.1 Å². The molecule has 0 unspecified atom stereocenters. The fraction of sp³-hybridized carbons (Fsp3) is 0.393. The van der Waals surface area contributed by atoms with Gasteiger partial charge < -0.3 is 20.5 Å². The zero-order chi connectivity index (χ0) is 28.9. The molecule has 0 aliphatic rings. The first-order valence-corrected chi connectivity index (χ1v) is 13.4. The maximum atomic E-state index is 13.0. The molecule has 3 rings (SSSR count). The Bertz CT molecular complexity index is 1360. The van der Waals surface area contributed by atoms with Crippen LogP contribution in [0.3, 0.4) is 0 Å². The van der Waals surface area contributed by atoms with Crippen molar-refractivity contribution in [2.75, 3.05) is 10.6 Å². The van der Waals surface area contributed by atoms with E-state index in [-0.39, 0.29) is 17.4 Å². The number of aromatic carboxylic acids is 1. The molecule has 2 aromatic heterocycles. The molecule has 0 radical (unpaired) electrons. The number of carbonyl (C=O) groups excluding carboxylic acids is 2. The third-order valence-electron chi connectivity index (χ3n) is 5.50. The van der Waals surface area contributed by atoms with Crippen LogP contribution in [0.5, 0.6) is 0 Å². The Morgan fingerprint density at radius 3 is 2.28 bits per heavy atom. The quantitative estimate of drug-likeness (QED) is 0.253. The lowest BCUT2D eigenvalue weighted by Gasteiger charge is -2.24. The minimum atomic E-state index is -1.18. The van der Waals surface area contributed by atoms with Gasteiger partial charge in [-0.1, -0.05) is 43.7 Å². The third-order valence-corrected chi connectivity index (χ3v) is 6.25. The van der Waals surface area contributed by atoms with Crippen molar-refractivity contribution in [3.05, 3.63) is 57.9 Å². The van der Waals surface area contributed by atoms with Gasteiger partial charge in [0.15, 0.2) is 10.8 Å². The summed E-state index contributed by atoms with van der Waals surface area (Å²) in [6.45, 7) is 13.5. The van der Waals surface area contributed by atoms with Gasteiger partial charge in [-0.05, 0) is 52.5 Å². The number of aryl methyl sites for hydroxylation is 2. The van der Waals surface area contributed by atoms with E-state index < -0.39 is 23.7 Å². The molecule has 0 spiro atoms. The van der Waals surface area contributed by atoms with Gasteiger partial charge in [0.2, 0.25) is 0 Å². The second-order valence-corrected chi connectivity index (χ2v) is 11.5. The van der Waals surface area contributed by atoms with E-state index >= 15 is 0 Å². The number of rotatable bonds is 8. The van der Waals surface area contributed by atoms with Crippen LogP contribution in [-0.2, 0) is 17.7 Å². The van der Waals surface area contributed by atoms with Crippen LogP contribution in [0.15, 0.2) is 29.6 Å². The standard InChI is InChI=1S/C28H35N5O5S/c1-15(2)12-20-19(13-29-27(37)38-28(5,6)7)22(18-10-8-16(3)9-11-18)23(17(4)30-20)32-25(36)33-26-31-21(14-39-26)24(34)35/h8-11,14-15H,12-13H2,1-7H3,(H,29,37)(H,34,35)(H2,31,32,33,36). The Kier molecular flexibility index (Phi) is 9.28. The zero-order valence-electron chi connectivity index (χ0n) is 23.3. The Balaban J connectivity index is 2.07. The number of pyridine rings is 1. The van der Waals surface area contributed by atoms with E-state index in [9.17, 15) is 14.4 Å². The van der Waals surface area contributed by atoms with Crippen molar-refractivity contribution in [2.24, 2.45) is 5.92 Å². The Morgan fingerprint density at radius 2 is 1.72 bits per heavy atom. The normalized spacial score (nSPS) is 11.3. The minimum absolute atomic E-state index is 0.137. The second kappa shape index (κ2) is 12.2. The molecule has 0 atom stereocenters. The summed E-state index contributed by atoms with van der Waals surface area (Å²) in [4.78, 5) is 45.5. The number of hydrogen-bond acceptors (Lipinski definition) is 7. The number of hydrogen-bond donors (Lipinski definition) is 4. The zero-order valence-corrected chi connectivity index (χ0v) is 24.1. The van der Waals surface area contributed by atoms with Crippen LogP contribution < -0.4 is 16.0 Å². The first kappa shape index (κ1) is 29.6. The molecule has 0 bridgehead atoms. The number of nitrogens with one attached hydrogen (secondary N) is 3. The molecule has 11 heteroatoms. The summed E-state index contributed by atoms with van der Waals surface area (Å²) < 4.78 is 5.45. The summed E-state index contributed by atoms with van der Waals surface area (Å²) in [6, 6.07) is 7.28. The number of carbonyl (C=O) groups is 3. The van der Waals surface area contributed by atoms with Gasteiger partial charge in [0.1, 0.15) is 5.60 Å². The first-order chi connectivity index (χ1) is 18.2. The minimum Gasteiger partial charge on any atom is -0.476 e. The smallest absolute Gasteiger partial charge is 0.407 e. The van der Waals surface area contributed by atoms with Crippen LogP contribution in [0.4, 0.5) is 20.4 Å². The summed E-state index contributed by atoms with van der Waals surface area (Å²) >= 11 is 1.01. The van der Waals surface area contributed by atoms with Crippen molar-refractivity contribution >= 4 is 40.2 Å². The number of thiazole rings is 1. The van der Waals surface area contributed by atoms with Crippen molar-refractivity contribution in [1.29, 1.82) is 0 Å². The summed E-state index contributed by atoms with van der Waals surface area (Å²) in [7, 11) is 0. The molecule has 1 aromatic carbocycles. The van der Waals surface area contributed by atoms with Crippen molar-refractivity contribution in [3.8, 4) is 11.1 Å². The number of carboxylic acids is 1. The molecule has 3 aromatic rings. The maximum Gasteiger partial charge on any atom is 0.407 e. The molecule has 39 heavy (non-hydrogen) atoms. The van der Waals surface area contributed by atoms with Crippen LogP contribution in [0.2, 0.25) is 0 Å². The van der Waals surface area contributed by atoms with E-state index in [4.69, 9.17) is 14.8 Å². The van der Waals surface area contributed by atoms with E-state index in [0.717, 1.165) is 39.3 Å². The topological polar surface area (TPSA) is 143 Å². The highest BCUT2D eigenvalue weighted by molar-refractivity contribution is 7.14. The summed E-state index contributed by atoms with van der Waals surface area (Å²) in [5, 5.41) is 19.0. The predicted octanol–water partition coefficient (Wildman–Crippen LogP) is 6.39. The van der Waals surface area contributed by atoms with Gasteiger partial charge in [0.05, 0.1) is 11.4 Å². The van der Waals surface area contributed by atoms with Gasteiger partial charge in [0.25, 0.3) is 0 Å². The van der Waals surface area contributed by atoms with Gasteiger partial charge in [-0.15, -0.1) is 11.3 Å². The summed E-state index contributed by atoms with van der Waals surface area (Å²) in [5.74, 6) is -0.886. The first-order valence-electron chi connectivity index (χ1n) is 12.6. The summed E-state index contributed by atoms with van der Waals surface area (Å²) in [5.41, 5.74) is 4.49. The Morgan fingerprint density at radius 1 is 1.05 bits per heavy atom. The van der Waals surface area contributed by atoms with Crippen LogP contribution in [-0.4, -0.2) is 38.8 Å². The van der Waals surface area contributed by atoms with Gasteiger partial charge in [0, 0.05) is 28.7 Å². The predicted molar refractivity (Wildman–Crippen MR) is 152 cm³/mol. The van der Waals surface area contributed by atoms with Gasteiger partial charge in [-0.3, -0.25) is 10.3 Å². The molecular weight excluding hydrogens is 518 g/mol. The second-order valence-electron chi connectivity index (χ2n) is 10.6. The number of nitrogens with zero attached hydrogens (tertiary/aromatic N) is 2. The number of urea groups is 1. The molecule has 3 amide bonds. The Labute approximate surface area is 232 Å². The van der Waals surface area contributed by atoms with Crippen LogP contribution in [0, 0.1) is 19.8 Å². The van der Waals surface area contributed by atoms with Crippen molar-refractivity contribution in [1.82, 2.24) is 15.3 Å². The molecule has 0 fully saturated rings.